The van der Waals surface area contributed by atoms with Crippen LogP contribution in [0.2, 0.25) is 0 Å². The number of hydrogen-bond acceptors (Lipinski definition) is 5. The Bertz CT molecular complexity index is 418. The highest BCUT2D eigenvalue weighted by molar-refractivity contribution is 7.93. The van der Waals surface area contributed by atoms with Gasteiger partial charge < -0.3 is 5.73 Å². The van der Waals surface area contributed by atoms with Gasteiger partial charge in [0.2, 0.25) is 5.95 Å². The molecule has 3 N–H and O–H groups in total. The first-order valence-corrected chi connectivity index (χ1v) is 6.50. The van der Waals surface area contributed by atoms with Crippen LogP contribution in [0.1, 0.15) is 20.3 Å². The quantitative estimate of drug-likeness (QED) is 0.788. The first-order chi connectivity index (χ1) is 7.42. The van der Waals surface area contributed by atoms with Crippen LogP contribution in [0.5, 0.6) is 0 Å². The van der Waals surface area contributed by atoms with Crippen molar-refractivity contribution < 1.29 is 8.42 Å². The first kappa shape index (κ1) is 12.9. The summed E-state index contributed by atoms with van der Waals surface area (Å²) in [6, 6.07) is 1.60. The smallest absolute Gasteiger partial charge is 0.250 e. The zero-order valence-electron chi connectivity index (χ0n) is 9.29. The van der Waals surface area contributed by atoms with E-state index in [1.54, 1.807) is 6.07 Å². The fourth-order valence-electron chi connectivity index (χ4n) is 1.15. The summed E-state index contributed by atoms with van der Waals surface area (Å²) in [5.74, 6) is 0.255. The van der Waals surface area contributed by atoms with E-state index in [1.807, 2.05) is 13.8 Å². The standard InChI is InChI=1S/C9H16N4O2S/c1-7(2)6-8(10)16(14,15)13-9-11-4-3-5-12-9/h3-5,7-8H,6,10H2,1-2H3,(H,11,12,13)/t8-/m1/s1. The summed E-state index contributed by atoms with van der Waals surface area (Å²) in [6.07, 6.45) is 3.31. The molecule has 90 valence electrons. The Kier molecular flexibility index (Phi) is 4.19. The van der Waals surface area contributed by atoms with E-state index in [0.717, 1.165) is 0 Å². The Morgan fingerprint density at radius 2 is 1.94 bits per heavy atom. The van der Waals surface area contributed by atoms with Crippen LogP contribution < -0.4 is 10.5 Å². The van der Waals surface area contributed by atoms with Crippen LogP contribution in [0.3, 0.4) is 0 Å². The summed E-state index contributed by atoms with van der Waals surface area (Å²) in [5, 5.41) is -0.948. The number of aromatic nitrogens is 2. The predicted molar refractivity (Wildman–Crippen MR) is 62.0 cm³/mol. The molecule has 0 unspecified atom stereocenters. The summed E-state index contributed by atoms with van der Waals surface area (Å²) in [7, 11) is -3.61. The van der Waals surface area contributed by atoms with Gasteiger partial charge in [-0.1, -0.05) is 13.8 Å². The van der Waals surface area contributed by atoms with Crippen LogP contribution >= 0.6 is 0 Å². The van der Waals surface area contributed by atoms with E-state index in [2.05, 4.69) is 14.7 Å². The molecule has 1 atom stereocenters. The Morgan fingerprint density at radius 3 is 2.44 bits per heavy atom. The van der Waals surface area contributed by atoms with E-state index >= 15 is 0 Å². The molecule has 1 aromatic heterocycles. The lowest BCUT2D eigenvalue weighted by Gasteiger charge is -2.15. The third-order valence-electron chi connectivity index (χ3n) is 1.90. The molecule has 0 aliphatic heterocycles. The van der Waals surface area contributed by atoms with Crippen LogP contribution in [-0.4, -0.2) is 23.8 Å². The molecular weight excluding hydrogens is 228 g/mol. The lowest BCUT2D eigenvalue weighted by molar-refractivity contribution is 0.532. The van der Waals surface area contributed by atoms with Crippen molar-refractivity contribution in [3.63, 3.8) is 0 Å². The zero-order valence-corrected chi connectivity index (χ0v) is 10.1. The van der Waals surface area contributed by atoms with Crippen LogP contribution in [0.15, 0.2) is 18.5 Å². The highest BCUT2D eigenvalue weighted by Crippen LogP contribution is 2.10. The Morgan fingerprint density at radius 1 is 1.38 bits per heavy atom. The maximum atomic E-state index is 11.7. The maximum Gasteiger partial charge on any atom is 0.250 e. The zero-order chi connectivity index (χ0) is 12.2. The molecule has 0 aliphatic carbocycles. The van der Waals surface area contributed by atoms with Gasteiger partial charge in [-0.05, 0) is 18.4 Å². The molecule has 16 heavy (non-hydrogen) atoms. The van der Waals surface area contributed by atoms with Crippen molar-refractivity contribution in [1.29, 1.82) is 0 Å². The second kappa shape index (κ2) is 5.22. The van der Waals surface area contributed by atoms with E-state index in [9.17, 15) is 8.42 Å². The lowest BCUT2D eigenvalue weighted by atomic mass is 10.1. The highest BCUT2D eigenvalue weighted by Gasteiger charge is 2.22. The molecule has 7 heteroatoms. The number of nitrogens with two attached hydrogens (primary N) is 1. The van der Waals surface area contributed by atoms with Crippen molar-refractivity contribution in [2.24, 2.45) is 11.7 Å². The van der Waals surface area contributed by atoms with Gasteiger partial charge >= 0.3 is 0 Å². The number of hydrogen-bond donors (Lipinski definition) is 2. The van der Waals surface area contributed by atoms with Gasteiger partial charge in [0.25, 0.3) is 10.0 Å². The molecule has 0 aromatic carbocycles. The lowest BCUT2D eigenvalue weighted by Crippen LogP contribution is -2.36. The molecule has 0 saturated carbocycles. The Balaban J connectivity index is 2.72. The highest BCUT2D eigenvalue weighted by atomic mass is 32.2. The maximum absolute atomic E-state index is 11.7. The minimum atomic E-state index is -3.61. The summed E-state index contributed by atoms with van der Waals surface area (Å²) in [5.41, 5.74) is 5.59. The van der Waals surface area contributed by atoms with E-state index in [4.69, 9.17) is 5.73 Å². The summed E-state index contributed by atoms with van der Waals surface area (Å²) >= 11 is 0. The van der Waals surface area contributed by atoms with Crippen molar-refractivity contribution in [3.8, 4) is 0 Å². The van der Waals surface area contributed by atoms with E-state index < -0.39 is 15.4 Å². The van der Waals surface area contributed by atoms with Gasteiger partial charge in [0.1, 0.15) is 5.37 Å². The second-order valence-electron chi connectivity index (χ2n) is 3.89. The molecule has 0 amide bonds. The third-order valence-corrected chi connectivity index (χ3v) is 3.36. The third kappa shape index (κ3) is 3.74. The molecule has 0 saturated heterocycles. The van der Waals surface area contributed by atoms with Gasteiger partial charge in [-0.2, -0.15) is 0 Å². The summed E-state index contributed by atoms with van der Waals surface area (Å²) in [4.78, 5) is 7.54. The largest absolute Gasteiger partial charge is 0.314 e. The number of rotatable bonds is 5. The molecule has 6 nitrogen and oxygen atoms in total. The molecule has 1 rings (SSSR count). The van der Waals surface area contributed by atoms with Gasteiger partial charge in [0, 0.05) is 12.4 Å². The van der Waals surface area contributed by atoms with Gasteiger partial charge in [-0.3, -0.25) is 0 Å². The first-order valence-electron chi connectivity index (χ1n) is 4.96. The molecule has 0 spiro atoms. The predicted octanol–water partition coefficient (Wildman–Crippen LogP) is 0.549. The Hall–Kier alpha value is -1.21. The second-order valence-corrected chi connectivity index (χ2v) is 5.79. The molecule has 0 fully saturated rings. The summed E-state index contributed by atoms with van der Waals surface area (Å²) in [6.45, 7) is 3.82. The van der Waals surface area contributed by atoms with Gasteiger partial charge in [-0.15, -0.1) is 0 Å². The topological polar surface area (TPSA) is 98.0 Å². The number of sulfonamides is 1. The van der Waals surface area contributed by atoms with Crippen LogP contribution in [0, 0.1) is 5.92 Å². The summed E-state index contributed by atoms with van der Waals surface area (Å²) < 4.78 is 25.7. The number of anilines is 1. The van der Waals surface area contributed by atoms with Gasteiger partial charge in [0.05, 0.1) is 0 Å². The average molecular weight is 244 g/mol. The van der Waals surface area contributed by atoms with E-state index in [1.165, 1.54) is 12.4 Å². The SMILES string of the molecule is CC(C)C[C@H](N)S(=O)(=O)Nc1ncccn1. The Labute approximate surface area is 95.3 Å². The van der Waals surface area contributed by atoms with Crippen molar-refractivity contribution in [2.75, 3.05) is 4.72 Å². The monoisotopic (exact) mass is 244 g/mol. The van der Waals surface area contributed by atoms with Gasteiger partial charge in [0.15, 0.2) is 0 Å². The molecular formula is C9H16N4O2S. The van der Waals surface area contributed by atoms with E-state index in [-0.39, 0.29) is 11.9 Å². The molecule has 0 radical (unpaired) electrons. The minimum Gasteiger partial charge on any atom is -0.314 e. The number of nitrogens with one attached hydrogen (secondary N) is 1. The van der Waals surface area contributed by atoms with Crippen molar-refractivity contribution >= 4 is 16.0 Å². The fraction of sp³-hybridized carbons (Fsp3) is 0.556. The van der Waals surface area contributed by atoms with Crippen LogP contribution in [0.25, 0.3) is 0 Å². The van der Waals surface area contributed by atoms with Gasteiger partial charge in [-0.25, -0.2) is 23.1 Å². The fourth-order valence-corrected chi connectivity index (χ4v) is 2.30. The van der Waals surface area contributed by atoms with Crippen LogP contribution in [-0.2, 0) is 10.0 Å². The van der Waals surface area contributed by atoms with Crippen molar-refractivity contribution in [3.05, 3.63) is 18.5 Å². The minimum absolute atomic E-state index is 0.0432. The molecule has 1 aromatic rings. The average Bonchev–Trinajstić information content (AvgIpc) is 2.17. The van der Waals surface area contributed by atoms with Crippen LogP contribution in [0.4, 0.5) is 5.95 Å². The molecule has 0 bridgehead atoms. The normalized spacial score (nSPS) is 13.8. The van der Waals surface area contributed by atoms with E-state index in [0.29, 0.717) is 6.42 Å². The van der Waals surface area contributed by atoms with Crippen molar-refractivity contribution in [2.45, 2.75) is 25.6 Å². The molecule has 1 heterocycles. The number of nitrogens with zero attached hydrogens (tertiary/aromatic N) is 2. The van der Waals surface area contributed by atoms with Crippen molar-refractivity contribution in [1.82, 2.24) is 9.97 Å². The molecule has 0 aliphatic rings.